The van der Waals surface area contributed by atoms with Gasteiger partial charge in [-0.25, -0.2) is 0 Å². The number of rotatable bonds is 4. The van der Waals surface area contributed by atoms with Gasteiger partial charge in [-0.15, -0.1) is 0 Å². The Hall–Kier alpha value is -1.42. The average molecular weight is 371 g/mol. The van der Waals surface area contributed by atoms with Gasteiger partial charge in [0.2, 0.25) is 5.91 Å². The maximum absolute atomic E-state index is 14.4. The van der Waals surface area contributed by atoms with Crippen molar-refractivity contribution in [3.63, 3.8) is 0 Å². The second-order valence-electron chi connectivity index (χ2n) is 10.1. The molecule has 1 aliphatic heterocycles. The lowest BCUT2D eigenvalue weighted by Gasteiger charge is -2.65. The van der Waals surface area contributed by atoms with Crippen molar-refractivity contribution in [2.24, 2.45) is 16.7 Å². The van der Waals surface area contributed by atoms with Crippen molar-refractivity contribution in [2.75, 3.05) is 19.8 Å². The highest BCUT2D eigenvalue weighted by Crippen LogP contribution is 2.70. The normalized spacial score (nSPS) is 40.9. The molecule has 4 heteroatoms. The van der Waals surface area contributed by atoms with Crippen LogP contribution in [0.3, 0.4) is 0 Å². The highest BCUT2D eigenvalue weighted by Gasteiger charge is 2.66. The van der Waals surface area contributed by atoms with Crippen molar-refractivity contribution in [3.05, 3.63) is 35.9 Å². The second-order valence-corrected chi connectivity index (χ2v) is 10.1. The van der Waals surface area contributed by atoms with Crippen LogP contribution in [0.15, 0.2) is 30.3 Å². The van der Waals surface area contributed by atoms with E-state index in [4.69, 9.17) is 0 Å². The summed E-state index contributed by atoms with van der Waals surface area (Å²) in [7, 11) is 0. The number of hydrogen-bond donors (Lipinski definition) is 2. The Kier molecular flexibility index (Phi) is 4.12. The Morgan fingerprint density at radius 1 is 1.07 bits per heavy atom. The summed E-state index contributed by atoms with van der Waals surface area (Å²) in [5.74, 6) is 0.701. The van der Waals surface area contributed by atoms with Crippen LogP contribution in [0, 0.1) is 16.7 Å². The van der Waals surface area contributed by atoms with Crippen LogP contribution in [-0.2, 0) is 10.2 Å². The fraction of sp³-hybridized carbons (Fsp3) is 0.696. The van der Waals surface area contributed by atoms with Gasteiger partial charge in [0, 0.05) is 11.5 Å². The first-order valence-corrected chi connectivity index (χ1v) is 10.7. The van der Waals surface area contributed by atoms with E-state index in [0.717, 1.165) is 64.5 Å². The Morgan fingerprint density at radius 3 is 2.59 bits per heavy atom. The minimum Gasteiger partial charge on any atom is -0.353 e. The quantitative estimate of drug-likeness (QED) is 0.848. The molecule has 6 rings (SSSR count). The Labute approximate surface area is 161 Å². The molecular formula is C23H31FN2O. The van der Waals surface area contributed by atoms with Crippen LogP contribution in [0.25, 0.3) is 0 Å². The number of piperidine rings is 1. The molecule has 4 aliphatic carbocycles. The van der Waals surface area contributed by atoms with Gasteiger partial charge in [-0.3, -0.25) is 9.18 Å². The first-order valence-electron chi connectivity index (χ1n) is 10.7. The number of benzene rings is 1. The van der Waals surface area contributed by atoms with Gasteiger partial charge >= 0.3 is 0 Å². The molecule has 0 aromatic heterocycles. The predicted octanol–water partition coefficient (Wildman–Crippen LogP) is 3.73. The molecule has 0 spiro atoms. The molecule has 27 heavy (non-hydrogen) atoms. The number of hydrogen-bond acceptors (Lipinski definition) is 2. The van der Waals surface area contributed by atoms with E-state index >= 15 is 0 Å². The second kappa shape index (κ2) is 6.30. The topological polar surface area (TPSA) is 41.1 Å². The summed E-state index contributed by atoms with van der Waals surface area (Å²) in [5.41, 5.74) is 0.650. The molecular weight excluding hydrogens is 339 g/mol. The molecule has 5 fully saturated rings. The first kappa shape index (κ1) is 17.7. The molecule has 2 N–H and O–H groups in total. The van der Waals surface area contributed by atoms with E-state index in [1.54, 1.807) is 0 Å². The Bertz CT molecular complexity index is 718. The average Bonchev–Trinajstić information content (AvgIpc) is 2.68. The fourth-order valence-corrected chi connectivity index (χ4v) is 7.46. The van der Waals surface area contributed by atoms with Crippen molar-refractivity contribution in [3.8, 4) is 0 Å². The molecule has 3 nitrogen and oxygen atoms in total. The van der Waals surface area contributed by atoms with Gasteiger partial charge < -0.3 is 10.6 Å². The predicted molar refractivity (Wildman–Crippen MR) is 104 cm³/mol. The first-order chi connectivity index (χ1) is 13.1. The van der Waals surface area contributed by atoms with Gasteiger partial charge in [0.05, 0.1) is 12.1 Å². The fourth-order valence-electron chi connectivity index (χ4n) is 7.46. The van der Waals surface area contributed by atoms with E-state index in [-0.39, 0.29) is 34.9 Å². The molecule has 1 amide bonds. The van der Waals surface area contributed by atoms with Crippen molar-refractivity contribution in [1.82, 2.24) is 10.6 Å². The summed E-state index contributed by atoms with van der Waals surface area (Å²) < 4.78 is 14.4. The van der Waals surface area contributed by atoms with Crippen LogP contribution in [0.5, 0.6) is 0 Å². The Balaban J connectivity index is 1.48. The number of nitrogens with one attached hydrogen (secondary N) is 2. The molecule has 5 aliphatic rings. The van der Waals surface area contributed by atoms with Crippen LogP contribution >= 0.6 is 0 Å². The zero-order valence-corrected chi connectivity index (χ0v) is 16.1. The molecule has 1 heterocycles. The van der Waals surface area contributed by atoms with Crippen molar-refractivity contribution in [1.29, 1.82) is 0 Å². The summed E-state index contributed by atoms with van der Waals surface area (Å²) in [4.78, 5) is 13.5. The smallest absolute Gasteiger partial charge is 0.226 e. The molecule has 1 aromatic carbocycles. The number of halogens is 1. The summed E-state index contributed by atoms with van der Waals surface area (Å²) in [6.07, 6.45) is 7.63. The van der Waals surface area contributed by atoms with Crippen molar-refractivity contribution < 1.29 is 9.18 Å². The van der Waals surface area contributed by atoms with E-state index in [1.165, 1.54) is 5.56 Å². The minimum absolute atomic E-state index is 0.0156. The maximum Gasteiger partial charge on any atom is 0.226 e. The third-order valence-corrected chi connectivity index (χ3v) is 8.01. The van der Waals surface area contributed by atoms with Gasteiger partial charge in [0.15, 0.2) is 0 Å². The van der Waals surface area contributed by atoms with E-state index in [2.05, 4.69) is 41.0 Å². The van der Waals surface area contributed by atoms with Crippen LogP contribution < -0.4 is 10.6 Å². The van der Waals surface area contributed by atoms with Gasteiger partial charge in [-0.2, -0.15) is 0 Å². The summed E-state index contributed by atoms with van der Waals surface area (Å²) >= 11 is 0. The van der Waals surface area contributed by atoms with E-state index in [1.807, 2.05) is 0 Å². The van der Waals surface area contributed by atoms with E-state index in [0.29, 0.717) is 5.92 Å². The number of alkyl halides is 1. The third-order valence-electron chi connectivity index (χ3n) is 8.01. The number of amides is 1. The van der Waals surface area contributed by atoms with Crippen LogP contribution in [0.4, 0.5) is 4.39 Å². The van der Waals surface area contributed by atoms with E-state index < -0.39 is 0 Å². The highest BCUT2D eigenvalue weighted by atomic mass is 19.1. The lowest BCUT2D eigenvalue weighted by Crippen LogP contribution is -2.64. The molecule has 2 unspecified atom stereocenters. The van der Waals surface area contributed by atoms with Crippen molar-refractivity contribution in [2.45, 2.75) is 62.8 Å². The van der Waals surface area contributed by atoms with Crippen molar-refractivity contribution >= 4 is 5.91 Å². The standard InChI is InChI=1S/C23H31FN2O/c24-16-21-10-17-11-22(13-21,18-4-2-1-3-5-18)15-23(12-17,14-21)20(27)26-19-6-8-25-9-7-19/h1-5,17,19,25H,6-16H2,(H,26,27)/t17?,21-,22+,23?/m0/s1. The molecule has 4 saturated carbocycles. The van der Waals surface area contributed by atoms with E-state index in [9.17, 15) is 9.18 Å². The molecule has 4 atom stereocenters. The summed E-state index contributed by atoms with van der Waals surface area (Å²) in [6, 6.07) is 10.9. The molecule has 146 valence electrons. The molecule has 1 saturated heterocycles. The molecule has 1 aromatic rings. The van der Waals surface area contributed by atoms with Gasteiger partial charge in [-0.1, -0.05) is 30.3 Å². The lowest BCUT2D eigenvalue weighted by molar-refractivity contribution is -0.165. The maximum atomic E-state index is 14.4. The Morgan fingerprint density at radius 2 is 1.85 bits per heavy atom. The molecule has 4 bridgehead atoms. The highest BCUT2D eigenvalue weighted by molar-refractivity contribution is 5.84. The zero-order chi connectivity index (χ0) is 18.5. The lowest BCUT2D eigenvalue weighted by atomic mass is 9.38. The monoisotopic (exact) mass is 370 g/mol. The number of carbonyl (C=O) groups excluding carboxylic acids is 1. The van der Waals surface area contributed by atoms with Crippen LogP contribution in [0.2, 0.25) is 0 Å². The summed E-state index contributed by atoms with van der Waals surface area (Å²) in [5, 5.41) is 6.75. The summed E-state index contributed by atoms with van der Waals surface area (Å²) in [6.45, 7) is 1.67. The van der Waals surface area contributed by atoms with Gasteiger partial charge in [0.25, 0.3) is 0 Å². The SMILES string of the molecule is O=C(NC1CCNCC1)C12CC3C[C@@](CF)(C1)C[C@](c1ccccc1)(C3)C2. The zero-order valence-electron chi connectivity index (χ0n) is 16.1. The number of carbonyl (C=O) groups is 1. The van der Waals surface area contributed by atoms with Crippen LogP contribution in [0.1, 0.15) is 56.9 Å². The molecule has 0 radical (unpaired) electrons. The third kappa shape index (κ3) is 2.83. The minimum atomic E-state index is -0.369. The van der Waals surface area contributed by atoms with Gasteiger partial charge in [0.1, 0.15) is 0 Å². The largest absolute Gasteiger partial charge is 0.353 e. The van der Waals surface area contributed by atoms with Gasteiger partial charge in [-0.05, 0) is 81.4 Å². The van der Waals surface area contributed by atoms with Crippen LogP contribution in [-0.4, -0.2) is 31.7 Å².